The molecule has 2 N–H and O–H groups in total. The fourth-order valence-electron chi connectivity index (χ4n) is 6.21. The van der Waals surface area contributed by atoms with Crippen LogP contribution in [-0.2, 0) is 16.0 Å². The Morgan fingerprint density at radius 2 is 2.04 bits per heavy atom. The van der Waals surface area contributed by atoms with Crippen molar-refractivity contribution >= 4 is 5.97 Å². The molecule has 4 nitrogen and oxygen atoms in total. The van der Waals surface area contributed by atoms with Gasteiger partial charge in [-0.1, -0.05) is 33.8 Å². The van der Waals surface area contributed by atoms with Gasteiger partial charge in [-0.2, -0.15) is 0 Å². The highest BCUT2D eigenvalue weighted by Crippen LogP contribution is 2.62. The molecule has 0 bridgehead atoms. The second kappa shape index (κ2) is 6.76. The van der Waals surface area contributed by atoms with E-state index >= 15 is 0 Å². The zero-order valence-electron chi connectivity index (χ0n) is 17.6. The highest BCUT2D eigenvalue weighted by Gasteiger charge is 2.59. The van der Waals surface area contributed by atoms with Crippen LogP contribution in [0.15, 0.2) is 18.2 Å². The van der Waals surface area contributed by atoms with Crippen LogP contribution >= 0.6 is 0 Å². The third-order valence-corrected chi connectivity index (χ3v) is 7.66. The average Bonchev–Trinajstić information content (AvgIpc) is 2.90. The molecule has 28 heavy (non-hydrogen) atoms. The van der Waals surface area contributed by atoms with E-state index in [0.717, 1.165) is 32.1 Å². The van der Waals surface area contributed by atoms with E-state index in [2.05, 4.69) is 13.0 Å². The Kier molecular flexibility index (Phi) is 4.77. The lowest BCUT2D eigenvalue weighted by Crippen LogP contribution is -2.45. The summed E-state index contributed by atoms with van der Waals surface area (Å²) in [6, 6.07) is 5.80. The summed E-state index contributed by atoms with van der Waals surface area (Å²) in [5, 5.41) is 21.0. The Hall–Kier alpha value is -1.55. The first kappa shape index (κ1) is 19.8. The topological polar surface area (TPSA) is 66.8 Å². The predicted molar refractivity (Wildman–Crippen MR) is 108 cm³/mol. The number of esters is 1. The van der Waals surface area contributed by atoms with Gasteiger partial charge in [-0.25, -0.2) is 0 Å². The molecule has 3 aliphatic rings. The highest BCUT2D eigenvalue weighted by atomic mass is 16.5. The van der Waals surface area contributed by atoms with Gasteiger partial charge in [0.15, 0.2) is 0 Å². The summed E-state index contributed by atoms with van der Waals surface area (Å²) in [6.45, 7) is 8.72. The number of carbonyl (C=O) groups is 1. The second-order valence-corrected chi connectivity index (χ2v) is 10.8. The molecule has 0 spiro atoms. The summed E-state index contributed by atoms with van der Waals surface area (Å²) >= 11 is 0. The van der Waals surface area contributed by atoms with Crippen LogP contribution in [0, 0.1) is 28.6 Å². The minimum Gasteiger partial charge on any atom is -0.508 e. The van der Waals surface area contributed by atoms with E-state index in [1.165, 1.54) is 11.1 Å². The molecule has 0 radical (unpaired) electrons. The molecular formula is C24H34O4. The highest BCUT2D eigenvalue weighted by molar-refractivity contribution is 5.74. The van der Waals surface area contributed by atoms with E-state index in [4.69, 9.17) is 4.74 Å². The van der Waals surface area contributed by atoms with Crippen LogP contribution < -0.4 is 0 Å². The number of hydrogen-bond acceptors (Lipinski definition) is 4. The molecule has 1 aromatic carbocycles. The Bertz CT molecular complexity index is 764. The number of aliphatic hydroxyl groups is 1. The number of phenols is 1. The largest absolute Gasteiger partial charge is 0.508 e. The van der Waals surface area contributed by atoms with E-state index in [0.29, 0.717) is 30.1 Å². The molecule has 4 heteroatoms. The van der Waals surface area contributed by atoms with Crippen LogP contribution in [0.2, 0.25) is 0 Å². The zero-order valence-corrected chi connectivity index (χ0v) is 17.6. The Balaban J connectivity index is 1.55. The fourth-order valence-corrected chi connectivity index (χ4v) is 6.21. The molecule has 0 aliphatic heterocycles. The van der Waals surface area contributed by atoms with Gasteiger partial charge in [0.05, 0.1) is 18.6 Å². The van der Waals surface area contributed by atoms with Crippen LogP contribution in [0.5, 0.6) is 5.75 Å². The van der Waals surface area contributed by atoms with Crippen molar-refractivity contribution in [2.75, 3.05) is 6.61 Å². The van der Waals surface area contributed by atoms with E-state index in [1.54, 1.807) is 6.07 Å². The summed E-state index contributed by atoms with van der Waals surface area (Å²) < 4.78 is 5.59. The third-order valence-electron chi connectivity index (χ3n) is 7.66. The summed E-state index contributed by atoms with van der Waals surface area (Å²) in [7, 11) is 0. The fraction of sp³-hybridized carbons (Fsp3) is 0.708. The summed E-state index contributed by atoms with van der Waals surface area (Å²) in [5.74, 6) is 1.02. The Morgan fingerprint density at radius 1 is 1.29 bits per heavy atom. The number of phenolic OH excluding ortho intramolecular Hbond substituents is 1. The number of carbonyl (C=O) groups excluding carboxylic acids is 1. The van der Waals surface area contributed by atoms with Crippen molar-refractivity contribution in [1.29, 1.82) is 0 Å². The molecule has 0 saturated heterocycles. The van der Waals surface area contributed by atoms with Gasteiger partial charge in [-0.3, -0.25) is 4.79 Å². The minimum absolute atomic E-state index is 0.0698. The second-order valence-electron chi connectivity index (χ2n) is 10.8. The van der Waals surface area contributed by atoms with E-state index in [-0.39, 0.29) is 16.8 Å². The first-order valence-corrected chi connectivity index (χ1v) is 10.8. The molecule has 0 unspecified atom stereocenters. The van der Waals surface area contributed by atoms with Crippen molar-refractivity contribution in [3.63, 3.8) is 0 Å². The van der Waals surface area contributed by atoms with Crippen molar-refractivity contribution in [3.05, 3.63) is 29.3 Å². The van der Waals surface area contributed by atoms with Crippen LogP contribution in [0.1, 0.15) is 70.4 Å². The number of fused-ring (bicyclic) bond motifs is 5. The number of ether oxygens (including phenoxy) is 1. The van der Waals surface area contributed by atoms with Crippen LogP contribution in [0.3, 0.4) is 0 Å². The summed E-state index contributed by atoms with van der Waals surface area (Å²) in [6.07, 6.45) is 4.12. The average molecular weight is 387 g/mol. The Labute approximate surface area is 168 Å². The van der Waals surface area contributed by atoms with Crippen molar-refractivity contribution in [2.24, 2.45) is 28.6 Å². The molecule has 0 heterocycles. The van der Waals surface area contributed by atoms with Gasteiger partial charge in [0.25, 0.3) is 0 Å². The molecule has 2 saturated carbocycles. The molecule has 6 atom stereocenters. The first-order chi connectivity index (χ1) is 13.1. The zero-order chi connectivity index (χ0) is 20.3. The smallest absolute Gasteiger partial charge is 0.311 e. The number of aryl methyl sites for hydroxylation is 1. The molecular weight excluding hydrogens is 352 g/mol. The van der Waals surface area contributed by atoms with E-state index < -0.39 is 12.0 Å². The lowest BCUT2D eigenvalue weighted by atomic mass is 9.55. The van der Waals surface area contributed by atoms with Gasteiger partial charge >= 0.3 is 5.97 Å². The maximum Gasteiger partial charge on any atom is 0.311 e. The van der Waals surface area contributed by atoms with Gasteiger partial charge in [0.2, 0.25) is 0 Å². The Morgan fingerprint density at radius 3 is 2.75 bits per heavy atom. The van der Waals surface area contributed by atoms with Gasteiger partial charge in [0, 0.05) is 0 Å². The predicted octanol–water partition coefficient (Wildman–Crippen LogP) is 4.42. The lowest BCUT2D eigenvalue weighted by molar-refractivity contribution is -0.156. The maximum atomic E-state index is 12.8. The number of benzene rings is 1. The van der Waals surface area contributed by atoms with Gasteiger partial charge in [-0.05, 0) is 83.9 Å². The number of rotatable bonds is 2. The van der Waals surface area contributed by atoms with Crippen molar-refractivity contribution in [1.82, 2.24) is 0 Å². The SMILES string of the molecule is CC(C)(C)COC(=O)[C@H]1C[C@H]2[C@@H]3CCc4cc(O)ccc4[C@H]3CC[C@]2(C)[C@H]1O. The number of aliphatic hydroxyl groups excluding tert-OH is 1. The number of hydrogen-bond donors (Lipinski definition) is 2. The molecule has 154 valence electrons. The lowest BCUT2D eigenvalue weighted by Gasteiger charge is -2.50. The minimum atomic E-state index is -0.618. The third kappa shape index (κ3) is 3.24. The standard InChI is InChI=1S/C24H34O4/c1-23(2,3)13-28-22(27)19-12-20-18-7-5-14-11-15(25)6-8-16(14)17(18)9-10-24(20,4)21(19)26/h6,8,11,17-21,25-26H,5,7,9-10,12-13H2,1-4H3/t17-,18-,19+,20+,21+,24+/m1/s1. The van der Waals surface area contributed by atoms with E-state index in [1.807, 2.05) is 26.8 Å². The van der Waals surface area contributed by atoms with Gasteiger partial charge in [0.1, 0.15) is 5.75 Å². The van der Waals surface area contributed by atoms with Crippen LogP contribution in [-0.4, -0.2) is 28.9 Å². The van der Waals surface area contributed by atoms with Crippen molar-refractivity contribution in [3.8, 4) is 5.75 Å². The maximum absolute atomic E-state index is 12.8. The normalized spacial score (nSPS) is 37.0. The molecule has 0 amide bonds. The summed E-state index contributed by atoms with van der Waals surface area (Å²) in [5.41, 5.74) is 2.36. The van der Waals surface area contributed by atoms with E-state index in [9.17, 15) is 15.0 Å². The molecule has 3 aliphatic carbocycles. The quantitative estimate of drug-likeness (QED) is 0.738. The molecule has 1 aromatic rings. The molecule has 0 aromatic heterocycles. The van der Waals surface area contributed by atoms with Gasteiger partial charge < -0.3 is 14.9 Å². The van der Waals surface area contributed by atoms with Crippen molar-refractivity contribution < 1.29 is 19.7 Å². The number of aromatic hydroxyl groups is 1. The monoisotopic (exact) mass is 386 g/mol. The van der Waals surface area contributed by atoms with Gasteiger partial charge in [-0.15, -0.1) is 0 Å². The molecule has 2 fully saturated rings. The van der Waals surface area contributed by atoms with Crippen molar-refractivity contribution in [2.45, 2.75) is 71.8 Å². The summed E-state index contributed by atoms with van der Waals surface area (Å²) in [4.78, 5) is 12.8. The van der Waals surface area contributed by atoms with Crippen LogP contribution in [0.25, 0.3) is 0 Å². The molecule has 4 rings (SSSR count). The first-order valence-electron chi connectivity index (χ1n) is 10.8. The van der Waals surface area contributed by atoms with Crippen LogP contribution in [0.4, 0.5) is 0 Å².